The van der Waals surface area contributed by atoms with Crippen molar-refractivity contribution < 1.29 is 4.92 Å². The van der Waals surface area contributed by atoms with Crippen LogP contribution in [0.4, 0.5) is 5.69 Å². The molecule has 0 spiro atoms. The van der Waals surface area contributed by atoms with Crippen molar-refractivity contribution >= 4 is 17.3 Å². The Balaban J connectivity index is 2.92. The SMILES string of the molecule is C[C@@H](N)CCc1cc(Cl)ccc1[N+](=O)[O-]. The Morgan fingerprint density at radius 1 is 1.60 bits per heavy atom. The molecule has 0 saturated heterocycles. The smallest absolute Gasteiger partial charge is 0.272 e. The first-order chi connectivity index (χ1) is 7.00. The zero-order valence-electron chi connectivity index (χ0n) is 8.44. The molecule has 0 amide bonds. The van der Waals surface area contributed by atoms with Gasteiger partial charge in [-0.3, -0.25) is 10.1 Å². The van der Waals surface area contributed by atoms with Crippen LogP contribution >= 0.6 is 11.6 Å². The van der Waals surface area contributed by atoms with Crippen molar-refractivity contribution in [2.75, 3.05) is 0 Å². The van der Waals surface area contributed by atoms with E-state index in [1.165, 1.54) is 12.1 Å². The van der Waals surface area contributed by atoms with Gasteiger partial charge in [0.1, 0.15) is 0 Å². The van der Waals surface area contributed by atoms with Gasteiger partial charge in [0.15, 0.2) is 0 Å². The molecule has 82 valence electrons. The molecule has 0 aliphatic carbocycles. The summed E-state index contributed by atoms with van der Waals surface area (Å²) in [6.07, 6.45) is 1.29. The van der Waals surface area contributed by atoms with E-state index in [9.17, 15) is 10.1 Å². The van der Waals surface area contributed by atoms with Crippen LogP contribution in [0.3, 0.4) is 0 Å². The molecular formula is C10H13ClN2O2. The number of hydrogen-bond acceptors (Lipinski definition) is 3. The molecule has 0 aromatic heterocycles. The molecule has 1 rings (SSSR count). The van der Waals surface area contributed by atoms with Crippen molar-refractivity contribution in [3.05, 3.63) is 38.9 Å². The molecule has 4 nitrogen and oxygen atoms in total. The van der Waals surface area contributed by atoms with E-state index in [2.05, 4.69) is 0 Å². The average Bonchev–Trinajstić information content (AvgIpc) is 2.14. The van der Waals surface area contributed by atoms with E-state index in [1.807, 2.05) is 6.92 Å². The highest BCUT2D eigenvalue weighted by Gasteiger charge is 2.13. The Morgan fingerprint density at radius 3 is 2.80 bits per heavy atom. The second-order valence-corrected chi connectivity index (χ2v) is 3.98. The maximum atomic E-state index is 10.7. The lowest BCUT2D eigenvalue weighted by atomic mass is 10.0. The van der Waals surface area contributed by atoms with Crippen molar-refractivity contribution in [3.63, 3.8) is 0 Å². The van der Waals surface area contributed by atoms with E-state index >= 15 is 0 Å². The van der Waals surface area contributed by atoms with Crippen LogP contribution in [0.15, 0.2) is 18.2 Å². The number of halogens is 1. The summed E-state index contributed by atoms with van der Waals surface area (Å²) < 4.78 is 0. The lowest BCUT2D eigenvalue weighted by molar-refractivity contribution is -0.385. The molecule has 0 aliphatic rings. The number of benzene rings is 1. The third-order valence-electron chi connectivity index (χ3n) is 2.11. The van der Waals surface area contributed by atoms with Gasteiger partial charge in [-0.1, -0.05) is 11.6 Å². The number of nitro groups is 1. The fraction of sp³-hybridized carbons (Fsp3) is 0.400. The summed E-state index contributed by atoms with van der Waals surface area (Å²) in [5.41, 5.74) is 6.36. The van der Waals surface area contributed by atoms with Crippen LogP contribution in [-0.4, -0.2) is 11.0 Å². The first-order valence-corrected chi connectivity index (χ1v) is 5.07. The van der Waals surface area contributed by atoms with Gasteiger partial charge in [0.05, 0.1) is 4.92 Å². The molecule has 15 heavy (non-hydrogen) atoms. The minimum Gasteiger partial charge on any atom is -0.328 e. The number of nitrogens with two attached hydrogens (primary N) is 1. The van der Waals surface area contributed by atoms with Gasteiger partial charge < -0.3 is 5.73 Å². The Hall–Kier alpha value is -1.13. The molecular weight excluding hydrogens is 216 g/mol. The number of nitrogens with zero attached hydrogens (tertiary/aromatic N) is 1. The third kappa shape index (κ3) is 3.49. The van der Waals surface area contributed by atoms with Gasteiger partial charge in [0.2, 0.25) is 0 Å². The van der Waals surface area contributed by atoms with E-state index in [-0.39, 0.29) is 11.7 Å². The number of hydrogen-bond donors (Lipinski definition) is 1. The van der Waals surface area contributed by atoms with E-state index in [1.54, 1.807) is 6.07 Å². The van der Waals surface area contributed by atoms with E-state index in [0.29, 0.717) is 23.4 Å². The van der Waals surface area contributed by atoms with Crippen LogP contribution in [0.5, 0.6) is 0 Å². The fourth-order valence-corrected chi connectivity index (χ4v) is 1.51. The van der Waals surface area contributed by atoms with Crippen molar-refractivity contribution in [1.29, 1.82) is 0 Å². The van der Waals surface area contributed by atoms with Gasteiger partial charge in [-0.05, 0) is 31.9 Å². The van der Waals surface area contributed by atoms with Gasteiger partial charge in [-0.25, -0.2) is 0 Å². The molecule has 1 atom stereocenters. The molecule has 1 aromatic rings. The molecule has 0 unspecified atom stereocenters. The summed E-state index contributed by atoms with van der Waals surface area (Å²) >= 11 is 5.78. The Kier molecular flexibility index (Phi) is 4.05. The first-order valence-electron chi connectivity index (χ1n) is 4.69. The number of nitro benzene ring substituents is 1. The average molecular weight is 229 g/mol. The normalized spacial score (nSPS) is 12.5. The van der Waals surface area contributed by atoms with E-state index in [4.69, 9.17) is 17.3 Å². The van der Waals surface area contributed by atoms with E-state index < -0.39 is 4.92 Å². The Bertz CT molecular complexity index is 366. The largest absolute Gasteiger partial charge is 0.328 e. The molecule has 0 aliphatic heterocycles. The van der Waals surface area contributed by atoms with Gasteiger partial charge >= 0.3 is 0 Å². The quantitative estimate of drug-likeness (QED) is 0.636. The molecule has 0 radical (unpaired) electrons. The molecule has 2 N–H and O–H groups in total. The van der Waals surface area contributed by atoms with Crippen molar-refractivity contribution in [2.24, 2.45) is 5.73 Å². The third-order valence-corrected chi connectivity index (χ3v) is 2.34. The lowest BCUT2D eigenvalue weighted by Crippen LogP contribution is -2.15. The Labute approximate surface area is 93.2 Å². The predicted octanol–water partition coefficient (Wildman–Crippen LogP) is 2.53. The van der Waals surface area contributed by atoms with Crippen molar-refractivity contribution in [1.82, 2.24) is 0 Å². The molecule has 0 heterocycles. The number of rotatable bonds is 4. The van der Waals surface area contributed by atoms with Crippen LogP contribution < -0.4 is 5.73 Å². The Morgan fingerprint density at radius 2 is 2.27 bits per heavy atom. The zero-order chi connectivity index (χ0) is 11.4. The maximum Gasteiger partial charge on any atom is 0.272 e. The highest BCUT2D eigenvalue weighted by atomic mass is 35.5. The topological polar surface area (TPSA) is 69.2 Å². The minimum atomic E-state index is -0.396. The van der Waals surface area contributed by atoms with Gasteiger partial charge in [0, 0.05) is 22.7 Å². The molecule has 1 aromatic carbocycles. The van der Waals surface area contributed by atoms with Gasteiger partial charge in [-0.2, -0.15) is 0 Å². The van der Waals surface area contributed by atoms with Gasteiger partial charge in [0.25, 0.3) is 5.69 Å². The summed E-state index contributed by atoms with van der Waals surface area (Å²) in [7, 11) is 0. The van der Waals surface area contributed by atoms with Crippen LogP contribution in [0.1, 0.15) is 18.9 Å². The highest BCUT2D eigenvalue weighted by Crippen LogP contribution is 2.24. The lowest BCUT2D eigenvalue weighted by Gasteiger charge is -2.06. The second kappa shape index (κ2) is 5.09. The van der Waals surface area contributed by atoms with Gasteiger partial charge in [-0.15, -0.1) is 0 Å². The summed E-state index contributed by atoms with van der Waals surface area (Å²) in [5, 5.41) is 11.2. The van der Waals surface area contributed by atoms with Crippen molar-refractivity contribution in [2.45, 2.75) is 25.8 Å². The molecule has 0 fully saturated rings. The number of aryl methyl sites for hydroxylation is 1. The summed E-state index contributed by atoms with van der Waals surface area (Å²) in [6.45, 7) is 1.87. The van der Waals surface area contributed by atoms with Crippen LogP contribution in [0, 0.1) is 10.1 Å². The zero-order valence-corrected chi connectivity index (χ0v) is 9.20. The van der Waals surface area contributed by atoms with Crippen LogP contribution in [-0.2, 0) is 6.42 Å². The standard InChI is InChI=1S/C10H13ClN2O2/c1-7(12)2-3-8-6-9(11)4-5-10(8)13(14)15/h4-7H,2-3,12H2,1H3/t7-/m1/s1. The monoisotopic (exact) mass is 228 g/mol. The van der Waals surface area contributed by atoms with Crippen LogP contribution in [0.25, 0.3) is 0 Å². The second-order valence-electron chi connectivity index (χ2n) is 3.55. The molecule has 0 bridgehead atoms. The molecule has 0 saturated carbocycles. The minimum absolute atomic E-state index is 0.0311. The first kappa shape index (κ1) is 11.9. The van der Waals surface area contributed by atoms with E-state index in [0.717, 1.165) is 0 Å². The summed E-state index contributed by atoms with van der Waals surface area (Å²) in [4.78, 5) is 10.3. The maximum absolute atomic E-state index is 10.7. The summed E-state index contributed by atoms with van der Waals surface area (Å²) in [6, 6.07) is 4.61. The predicted molar refractivity (Wildman–Crippen MR) is 60.1 cm³/mol. The summed E-state index contributed by atoms with van der Waals surface area (Å²) in [5.74, 6) is 0. The molecule has 5 heteroatoms. The van der Waals surface area contributed by atoms with Crippen LogP contribution in [0.2, 0.25) is 5.02 Å². The highest BCUT2D eigenvalue weighted by molar-refractivity contribution is 6.30. The van der Waals surface area contributed by atoms with Crippen molar-refractivity contribution in [3.8, 4) is 0 Å². The fourth-order valence-electron chi connectivity index (χ4n) is 1.32.